The van der Waals surface area contributed by atoms with E-state index < -0.39 is 4.92 Å². The average molecular weight is 251 g/mol. The molecule has 0 spiro atoms. The van der Waals surface area contributed by atoms with Crippen molar-refractivity contribution in [3.05, 3.63) is 34.6 Å². The van der Waals surface area contributed by atoms with Crippen LogP contribution in [0, 0.1) is 10.1 Å². The van der Waals surface area contributed by atoms with E-state index in [1.165, 1.54) is 24.5 Å². The monoisotopic (exact) mass is 251 g/mol. The van der Waals surface area contributed by atoms with Crippen LogP contribution in [0.1, 0.15) is 0 Å². The van der Waals surface area contributed by atoms with Crippen LogP contribution in [0.4, 0.5) is 5.88 Å². The molecule has 0 saturated heterocycles. The highest BCUT2D eigenvalue weighted by Crippen LogP contribution is 2.23. The molecular weight excluding hydrogens is 242 g/mol. The third kappa shape index (κ3) is 2.61. The zero-order chi connectivity index (χ0) is 13.0. The van der Waals surface area contributed by atoms with Gasteiger partial charge in [-0.15, -0.1) is 0 Å². The summed E-state index contributed by atoms with van der Waals surface area (Å²) in [4.78, 5) is 17.7. The molecule has 0 atom stereocenters. The van der Waals surface area contributed by atoms with Crippen molar-refractivity contribution in [2.24, 2.45) is 0 Å². The summed E-state index contributed by atoms with van der Waals surface area (Å²) in [5.41, 5.74) is 0. The average Bonchev–Trinajstić information content (AvgIpc) is 2.87. The van der Waals surface area contributed by atoms with Gasteiger partial charge in [-0.3, -0.25) is 10.1 Å². The zero-order valence-corrected chi connectivity index (χ0v) is 9.15. The zero-order valence-electron chi connectivity index (χ0n) is 9.15. The second-order valence-electron chi connectivity index (χ2n) is 3.21. The Morgan fingerprint density at radius 3 is 2.67 bits per heavy atom. The van der Waals surface area contributed by atoms with Gasteiger partial charge >= 0.3 is 5.88 Å². The number of aliphatic hydroxyl groups excluding tert-OH is 1. The molecule has 0 bridgehead atoms. The summed E-state index contributed by atoms with van der Waals surface area (Å²) in [5.74, 6) is 0.456. The maximum absolute atomic E-state index is 10.4. The Balaban J connectivity index is 2.15. The first-order chi connectivity index (χ1) is 8.70. The fraction of sp³-hybridized carbons (Fsp3) is 0.200. The molecule has 0 aliphatic carbocycles. The van der Waals surface area contributed by atoms with Gasteiger partial charge in [0.05, 0.1) is 25.1 Å². The van der Waals surface area contributed by atoms with E-state index in [1.807, 2.05) is 0 Å². The molecule has 0 saturated carbocycles. The quantitative estimate of drug-likeness (QED) is 0.623. The SMILES string of the molecule is O=[N+]([O-])c1ccc(-c2ncc(OCCO)cn2)o1. The molecule has 8 nitrogen and oxygen atoms in total. The summed E-state index contributed by atoms with van der Waals surface area (Å²) in [6, 6.07) is 2.65. The minimum Gasteiger partial charge on any atom is -0.488 e. The van der Waals surface area contributed by atoms with Gasteiger partial charge in [-0.2, -0.15) is 0 Å². The van der Waals surface area contributed by atoms with Gasteiger partial charge in [0.25, 0.3) is 0 Å². The second kappa shape index (κ2) is 5.23. The maximum atomic E-state index is 10.4. The van der Waals surface area contributed by atoms with E-state index in [-0.39, 0.29) is 30.7 Å². The molecule has 18 heavy (non-hydrogen) atoms. The standard InChI is InChI=1S/C10H9N3O5/c14-3-4-17-7-5-11-10(12-6-7)8-1-2-9(18-8)13(15)16/h1-2,5-6,14H,3-4H2. The topological polar surface area (TPSA) is 112 Å². The summed E-state index contributed by atoms with van der Waals surface area (Å²) in [6.07, 6.45) is 2.79. The normalized spacial score (nSPS) is 10.3. The number of nitro groups is 1. The van der Waals surface area contributed by atoms with E-state index in [9.17, 15) is 10.1 Å². The molecule has 0 unspecified atom stereocenters. The largest absolute Gasteiger partial charge is 0.488 e. The van der Waals surface area contributed by atoms with Crippen LogP contribution in [0.25, 0.3) is 11.6 Å². The molecule has 8 heteroatoms. The number of aromatic nitrogens is 2. The van der Waals surface area contributed by atoms with Crippen LogP contribution in [-0.2, 0) is 0 Å². The lowest BCUT2D eigenvalue weighted by atomic mass is 10.4. The van der Waals surface area contributed by atoms with Gasteiger partial charge in [-0.05, 0) is 6.07 Å². The van der Waals surface area contributed by atoms with Crippen LogP contribution in [0.15, 0.2) is 28.9 Å². The van der Waals surface area contributed by atoms with Crippen molar-refractivity contribution in [3.8, 4) is 17.3 Å². The summed E-state index contributed by atoms with van der Waals surface area (Å²) >= 11 is 0. The van der Waals surface area contributed by atoms with Gasteiger partial charge in [0.1, 0.15) is 11.5 Å². The summed E-state index contributed by atoms with van der Waals surface area (Å²) in [6.45, 7) is 0.0427. The van der Waals surface area contributed by atoms with Crippen LogP contribution in [0.3, 0.4) is 0 Å². The van der Waals surface area contributed by atoms with E-state index in [0.717, 1.165) is 0 Å². The maximum Gasteiger partial charge on any atom is 0.433 e. The van der Waals surface area contributed by atoms with Gasteiger partial charge in [0.15, 0.2) is 17.3 Å². The molecule has 0 aliphatic rings. The second-order valence-corrected chi connectivity index (χ2v) is 3.21. The fourth-order valence-electron chi connectivity index (χ4n) is 1.23. The molecule has 94 valence electrons. The number of rotatable bonds is 5. The van der Waals surface area contributed by atoms with Crippen LogP contribution < -0.4 is 4.74 Å². The van der Waals surface area contributed by atoms with E-state index in [1.54, 1.807) is 0 Å². The fourth-order valence-corrected chi connectivity index (χ4v) is 1.23. The minimum atomic E-state index is -0.637. The minimum absolute atomic E-state index is 0.105. The molecule has 0 fully saturated rings. The van der Waals surface area contributed by atoms with Crippen molar-refractivity contribution in [1.82, 2.24) is 9.97 Å². The smallest absolute Gasteiger partial charge is 0.433 e. The van der Waals surface area contributed by atoms with Crippen molar-refractivity contribution < 1.29 is 19.2 Å². The molecule has 0 amide bonds. The van der Waals surface area contributed by atoms with Gasteiger partial charge in [0.2, 0.25) is 0 Å². The molecular formula is C10H9N3O5. The lowest BCUT2D eigenvalue weighted by Gasteiger charge is -2.02. The number of hydrogen-bond acceptors (Lipinski definition) is 7. The molecule has 2 aromatic heterocycles. The van der Waals surface area contributed by atoms with Crippen molar-refractivity contribution in [2.45, 2.75) is 0 Å². The Hall–Kier alpha value is -2.48. The molecule has 0 radical (unpaired) electrons. The van der Waals surface area contributed by atoms with Gasteiger partial charge < -0.3 is 14.3 Å². The first kappa shape index (κ1) is 12.0. The van der Waals surface area contributed by atoms with E-state index >= 15 is 0 Å². The molecule has 2 rings (SSSR count). The lowest BCUT2D eigenvalue weighted by molar-refractivity contribution is -0.401. The van der Waals surface area contributed by atoms with Crippen LogP contribution in [-0.4, -0.2) is 33.2 Å². The highest BCUT2D eigenvalue weighted by atomic mass is 16.6. The Morgan fingerprint density at radius 2 is 2.11 bits per heavy atom. The number of furan rings is 1. The lowest BCUT2D eigenvalue weighted by Crippen LogP contribution is -2.02. The molecule has 0 aliphatic heterocycles. The van der Waals surface area contributed by atoms with E-state index in [2.05, 4.69) is 9.97 Å². The Morgan fingerprint density at radius 1 is 1.39 bits per heavy atom. The Kier molecular flexibility index (Phi) is 3.49. The Labute approximate surface area is 101 Å². The molecule has 2 aromatic rings. The van der Waals surface area contributed by atoms with Crippen LogP contribution in [0.5, 0.6) is 5.75 Å². The number of nitrogens with zero attached hydrogens (tertiary/aromatic N) is 3. The van der Waals surface area contributed by atoms with Crippen molar-refractivity contribution >= 4 is 5.88 Å². The van der Waals surface area contributed by atoms with Gasteiger partial charge in [-0.25, -0.2) is 9.97 Å². The summed E-state index contributed by atoms with van der Waals surface area (Å²) in [5, 5.41) is 19.0. The van der Waals surface area contributed by atoms with Gasteiger partial charge in [0, 0.05) is 0 Å². The predicted molar refractivity (Wildman–Crippen MR) is 59.0 cm³/mol. The molecule has 2 heterocycles. The third-order valence-corrected chi connectivity index (χ3v) is 1.98. The number of aliphatic hydroxyl groups is 1. The first-order valence-corrected chi connectivity index (χ1v) is 5.01. The predicted octanol–water partition coefficient (Wildman–Crippen LogP) is 1.02. The van der Waals surface area contributed by atoms with E-state index in [0.29, 0.717) is 5.75 Å². The number of hydrogen-bond donors (Lipinski definition) is 1. The third-order valence-electron chi connectivity index (χ3n) is 1.98. The van der Waals surface area contributed by atoms with E-state index in [4.69, 9.17) is 14.3 Å². The summed E-state index contributed by atoms with van der Waals surface area (Å²) in [7, 11) is 0. The van der Waals surface area contributed by atoms with Crippen molar-refractivity contribution in [3.63, 3.8) is 0 Å². The van der Waals surface area contributed by atoms with Gasteiger partial charge in [-0.1, -0.05) is 0 Å². The molecule has 1 N–H and O–H groups in total. The van der Waals surface area contributed by atoms with Crippen molar-refractivity contribution in [1.29, 1.82) is 0 Å². The van der Waals surface area contributed by atoms with Crippen LogP contribution in [0.2, 0.25) is 0 Å². The van der Waals surface area contributed by atoms with Crippen molar-refractivity contribution in [2.75, 3.05) is 13.2 Å². The van der Waals surface area contributed by atoms with Crippen LogP contribution >= 0.6 is 0 Å². The molecule has 0 aromatic carbocycles. The first-order valence-electron chi connectivity index (χ1n) is 5.01. The summed E-state index contributed by atoms with van der Waals surface area (Å²) < 4.78 is 10.0. The highest BCUT2D eigenvalue weighted by Gasteiger charge is 2.14. The number of ether oxygens (including phenoxy) is 1. The highest BCUT2D eigenvalue weighted by molar-refractivity contribution is 5.48. The Bertz CT molecular complexity index is 537.